The minimum absolute atomic E-state index is 0.281. The van der Waals surface area contributed by atoms with Gasteiger partial charge in [-0.15, -0.1) is 0 Å². The van der Waals surface area contributed by atoms with Gasteiger partial charge in [-0.25, -0.2) is 10.2 Å². The van der Waals surface area contributed by atoms with Crippen LogP contribution in [0.15, 0.2) is 107 Å². The predicted octanol–water partition coefficient (Wildman–Crippen LogP) is 6.91. The Morgan fingerprint density at radius 1 is 0.919 bits per heavy atom. The van der Waals surface area contributed by atoms with Gasteiger partial charge in [-0.2, -0.15) is 5.10 Å². The Bertz CT molecular complexity index is 1410. The fourth-order valence-corrected chi connectivity index (χ4v) is 3.83. The predicted molar refractivity (Wildman–Crippen MR) is 148 cm³/mol. The molecule has 0 radical (unpaired) electrons. The summed E-state index contributed by atoms with van der Waals surface area (Å²) >= 11 is 9.27. The van der Waals surface area contributed by atoms with Crippen LogP contribution in [0.1, 0.15) is 22.8 Å². The van der Waals surface area contributed by atoms with E-state index in [0.29, 0.717) is 21.9 Å². The van der Waals surface area contributed by atoms with Crippen molar-refractivity contribution in [1.82, 2.24) is 5.43 Å². The Hall–Kier alpha value is -3.94. The van der Waals surface area contributed by atoms with Gasteiger partial charge in [0.1, 0.15) is 11.5 Å². The molecule has 0 unspecified atom stereocenters. The molecule has 1 amide bonds. The maximum absolute atomic E-state index is 12.5. The Kier molecular flexibility index (Phi) is 8.72. The van der Waals surface area contributed by atoms with Crippen molar-refractivity contribution in [2.45, 2.75) is 13.0 Å². The zero-order valence-electron chi connectivity index (χ0n) is 19.7. The Balaban J connectivity index is 1.36. The highest BCUT2D eigenvalue weighted by Gasteiger charge is 2.15. The molecule has 0 heterocycles. The monoisotopic (exact) mass is 576 g/mol. The van der Waals surface area contributed by atoms with Gasteiger partial charge >= 0.3 is 5.97 Å². The zero-order chi connectivity index (χ0) is 26.2. The number of halogens is 2. The minimum atomic E-state index is -0.788. The van der Waals surface area contributed by atoms with Gasteiger partial charge in [0.05, 0.1) is 11.8 Å². The standard InChI is InChI=1S/C29H22BrClN2O4/c1-19(36-26-14-9-21(10-15-26)20-5-3-2-4-6-20)28(34)33-32-18-23-17-24(30)11-16-27(23)37-29(35)22-7-12-25(31)13-8-22/h2-19H,1H3,(H,33,34)/b32-18-/t19-/m0/s1. The first-order valence-corrected chi connectivity index (χ1v) is 12.5. The number of hydrazone groups is 1. The summed E-state index contributed by atoms with van der Waals surface area (Å²) < 4.78 is 12.0. The van der Waals surface area contributed by atoms with Crippen LogP contribution < -0.4 is 14.9 Å². The molecule has 4 aromatic carbocycles. The minimum Gasteiger partial charge on any atom is -0.481 e. The van der Waals surface area contributed by atoms with Gasteiger partial charge in [0.25, 0.3) is 5.91 Å². The van der Waals surface area contributed by atoms with Crippen molar-refractivity contribution in [3.05, 3.63) is 118 Å². The first kappa shape index (κ1) is 26.1. The number of carbonyl (C=O) groups is 2. The van der Waals surface area contributed by atoms with Gasteiger partial charge < -0.3 is 9.47 Å². The van der Waals surface area contributed by atoms with Gasteiger partial charge in [0, 0.05) is 15.1 Å². The van der Waals surface area contributed by atoms with E-state index < -0.39 is 18.0 Å². The first-order valence-electron chi connectivity index (χ1n) is 11.3. The zero-order valence-corrected chi connectivity index (χ0v) is 22.1. The largest absolute Gasteiger partial charge is 0.481 e. The lowest BCUT2D eigenvalue weighted by Crippen LogP contribution is -2.33. The molecule has 0 fully saturated rings. The molecule has 0 saturated heterocycles. The van der Waals surface area contributed by atoms with Gasteiger partial charge in [-0.3, -0.25) is 4.79 Å². The summed E-state index contributed by atoms with van der Waals surface area (Å²) in [6.07, 6.45) is 0.610. The third-order valence-corrected chi connectivity index (χ3v) is 6.02. The molecule has 6 nitrogen and oxygen atoms in total. The highest BCUT2D eigenvalue weighted by Crippen LogP contribution is 2.24. The molecule has 37 heavy (non-hydrogen) atoms. The van der Waals surface area contributed by atoms with E-state index in [4.69, 9.17) is 21.1 Å². The summed E-state index contributed by atoms with van der Waals surface area (Å²) in [5, 5.41) is 4.54. The van der Waals surface area contributed by atoms with Gasteiger partial charge in [0.15, 0.2) is 6.10 Å². The van der Waals surface area contributed by atoms with E-state index in [0.717, 1.165) is 15.6 Å². The fourth-order valence-electron chi connectivity index (χ4n) is 3.33. The maximum Gasteiger partial charge on any atom is 0.343 e. The smallest absolute Gasteiger partial charge is 0.343 e. The SMILES string of the molecule is C[C@H](Oc1ccc(-c2ccccc2)cc1)C(=O)N/N=C\c1cc(Br)ccc1OC(=O)c1ccc(Cl)cc1. The average molecular weight is 578 g/mol. The van der Waals surface area contributed by atoms with E-state index in [1.807, 2.05) is 54.6 Å². The summed E-state index contributed by atoms with van der Waals surface area (Å²) in [6.45, 7) is 1.63. The summed E-state index contributed by atoms with van der Waals surface area (Å²) in [7, 11) is 0. The van der Waals surface area contributed by atoms with Crippen molar-refractivity contribution in [3.63, 3.8) is 0 Å². The van der Waals surface area contributed by atoms with Gasteiger partial charge in [0.2, 0.25) is 0 Å². The van der Waals surface area contributed by atoms with Crippen LogP contribution >= 0.6 is 27.5 Å². The van der Waals surface area contributed by atoms with Crippen molar-refractivity contribution in [3.8, 4) is 22.6 Å². The molecule has 4 rings (SSSR count). The Morgan fingerprint density at radius 3 is 2.30 bits per heavy atom. The van der Waals surface area contributed by atoms with Crippen molar-refractivity contribution >= 4 is 45.6 Å². The number of benzene rings is 4. The summed E-state index contributed by atoms with van der Waals surface area (Å²) in [6, 6.07) is 28.9. The molecule has 0 aliphatic carbocycles. The number of amides is 1. The van der Waals surface area contributed by atoms with Crippen LogP contribution in [0.2, 0.25) is 5.02 Å². The quantitative estimate of drug-likeness (QED) is 0.107. The molecular formula is C29H22BrClN2O4. The van der Waals surface area contributed by atoms with Crippen LogP contribution in [-0.2, 0) is 4.79 Å². The van der Waals surface area contributed by atoms with E-state index in [9.17, 15) is 9.59 Å². The van der Waals surface area contributed by atoms with E-state index in [1.54, 1.807) is 49.4 Å². The average Bonchev–Trinajstić information content (AvgIpc) is 2.91. The molecule has 0 spiro atoms. The van der Waals surface area contributed by atoms with E-state index in [1.165, 1.54) is 6.21 Å². The molecule has 0 aromatic heterocycles. The molecule has 0 bridgehead atoms. The Labute approximate surface area is 228 Å². The van der Waals surface area contributed by atoms with Gasteiger partial charge in [-0.1, -0.05) is 70.0 Å². The van der Waals surface area contributed by atoms with Crippen LogP contribution in [0.3, 0.4) is 0 Å². The number of nitrogens with one attached hydrogen (secondary N) is 1. The number of ether oxygens (including phenoxy) is 2. The van der Waals surface area contributed by atoms with E-state index in [2.05, 4.69) is 26.5 Å². The third kappa shape index (κ3) is 7.29. The van der Waals surface area contributed by atoms with Crippen molar-refractivity contribution in [2.24, 2.45) is 5.10 Å². The lowest BCUT2D eigenvalue weighted by molar-refractivity contribution is -0.127. The van der Waals surface area contributed by atoms with Crippen LogP contribution in [0.5, 0.6) is 11.5 Å². The second-order valence-corrected chi connectivity index (χ2v) is 9.32. The maximum atomic E-state index is 12.5. The highest BCUT2D eigenvalue weighted by atomic mass is 79.9. The second kappa shape index (κ2) is 12.3. The van der Waals surface area contributed by atoms with Crippen molar-refractivity contribution < 1.29 is 19.1 Å². The third-order valence-electron chi connectivity index (χ3n) is 5.28. The van der Waals surface area contributed by atoms with Crippen LogP contribution in [0, 0.1) is 0 Å². The number of hydrogen-bond acceptors (Lipinski definition) is 5. The van der Waals surface area contributed by atoms with Crippen molar-refractivity contribution in [2.75, 3.05) is 0 Å². The highest BCUT2D eigenvalue weighted by molar-refractivity contribution is 9.10. The molecular weight excluding hydrogens is 556 g/mol. The molecule has 8 heteroatoms. The molecule has 0 aliphatic rings. The van der Waals surface area contributed by atoms with Crippen molar-refractivity contribution in [1.29, 1.82) is 0 Å². The molecule has 1 N–H and O–H groups in total. The Morgan fingerprint density at radius 2 is 1.59 bits per heavy atom. The fraction of sp³-hybridized carbons (Fsp3) is 0.0690. The second-order valence-electron chi connectivity index (χ2n) is 7.96. The molecule has 0 aliphatic heterocycles. The van der Waals surface area contributed by atoms with Crippen LogP contribution in [-0.4, -0.2) is 24.2 Å². The number of esters is 1. The van der Waals surface area contributed by atoms with E-state index in [-0.39, 0.29) is 5.75 Å². The summed E-state index contributed by atoms with van der Waals surface area (Å²) in [4.78, 5) is 25.0. The number of hydrogen-bond donors (Lipinski definition) is 1. The number of carbonyl (C=O) groups excluding carboxylic acids is 2. The van der Waals surface area contributed by atoms with Crippen LogP contribution in [0.4, 0.5) is 0 Å². The lowest BCUT2D eigenvalue weighted by Gasteiger charge is -2.13. The number of nitrogens with zero attached hydrogens (tertiary/aromatic N) is 1. The molecule has 0 saturated carbocycles. The van der Waals surface area contributed by atoms with Crippen LogP contribution in [0.25, 0.3) is 11.1 Å². The molecule has 186 valence electrons. The molecule has 1 atom stereocenters. The first-order chi connectivity index (χ1) is 17.9. The van der Waals surface area contributed by atoms with E-state index >= 15 is 0 Å². The lowest BCUT2D eigenvalue weighted by atomic mass is 10.1. The topological polar surface area (TPSA) is 77.0 Å². The summed E-state index contributed by atoms with van der Waals surface area (Å²) in [5.74, 6) is -0.130. The van der Waals surface area contributed by atoms with Gasteiger partial charge in [-0.05, 0) is 72.6 Å². The molecule has 4 aromatic rings. The summed E-state index contributed by atoms with van der Waals surface area (Å²) in [5.41, 5.74) is 5.45. The number of rotatable bonds is 8. The normalized spacial score (nSPS) is 11.6.